The average molecular weight is 367 g/mol. The molecule has 1 heterocycles. The first-order valence-corrected chi connectivity index (χ1v) is 6.64. The molecule has 0 atom stereocenters. The van der Waals surface area contributed by atoms with E-state index in [0.717, 1.165) is 22.2 Å². The maximum atomic E-state index is 12.6. The quantitative estimate of drug-likeness (QED) is 0.706. The van der Waals surface area contributed by atoms with Crippen molar-refractivity contribution in [3.8, 4) is 5.88 Å². The standard InChI is InChI=1S/C13H8BrClF3NO/c14-10-3-1-2-8(4-10)7-20-12-6-9(13(16,17)18)5-11(15)19-12/h1-6H,7H2. The normalized spacial score (nSPS) is 11.4. The monoisotopic (exact) mass is 365 g/mol. The molecule has 0 aliphatic heterocycles. The first-order chi connectivity index (χ1) is 9.34. The van der Waals surface area contributed by atoms with Crippen LogP contribution in [0.1, 0.15) is 11.1 Å². The number of pyridine rings is 1. The summed E-state index contributed by atoms with van der Waals surface area (Å²) in [6.45, 7) is 0.101. The van der Waals surface area contributed by atoms with Crippen LogP contribution < -0.4 is 4.74 Å². The molecule has 106 valence electrons. The largest absolute Gasteiger partial charge is 0.473 e. The van der Waals surface area contributed by atoms with Crippen LogP contribution in [0.25, 0.3) is 0 Å². The molecule has 0 saturated heterocycles. The number of halogens is 5. The van der Waals surface area contributed by atoms with Crippen molar-refractivity contribution < 1.29 is 17.9 Å². The van der Waals surface area contributed by atoms with E-state index in [9.17, 15) is 13.2 Å². The zero-order chi connectivity index (χ0) is 14.8. The highest BCUT2D eigenvalue weighted by Gasteiger charge is 2.31. The third kappa shape index (κ3) is 4.11. The SMILES string of the molecule is FC(F)(F)c1cc(Cl)nc(OCc2cccc(Br)c2)c1. The Hall–Kier alpha value is -1.27. The first kappa shape index (κ1) is 15.1. The third-order valence-electron chi connectivity index (χ3n) is 2.37. The third-order valence-corrected chi connectivity index (χ3v) is 3.06. The fraction of sp³-hybridized carbons (Fsp3) is 0.154. The van der Waals surface area contributed by atoms with Gasteiger partial charge in [0.25, 0.3) is 0 Å². The highest BCUT2D eigenvalue weighted by Crippen LogP contribution is 2.32. The number of hydrogen-bond donors (Lipinski definition) is 0. The molecule has 0 radical (unpaired) electrons. The van der Waals surface area contributed by atoms with Gasteiger partial charge in [-0.15, -0.1) is 0 Å². The van der Waals surface area contributed by atoms with E-state index < -0.39 is 11.7 Å². The molecule has 0 spiro atoms. The second kappa shape index (κ2) is 6.01. The summed E-state index contributed by atoms with van der Waals surface area (Å²) in [5.74, 6) is -0.162. The van der Waals surface area contributed by atoms with Crippen LogP contribution in [0.3, 0.4) is 0 Å². The Morgan fingerprint density at radius 3 is 2.60 bits per heavy atom. The van der Waals surface area contributed by atoms with E-state index in [0.29, 0.717) is 0 Å². The van der Waals surface area contributed by atoms with Crippen molar-refractivity contribution in [1.82, 2.24) is 4.98 Å². The van der Waals surface area contributed by atoms with Gasteiger partial charge in [0.05, 0.1) is 5.56 Å². The maximum Gasteiger partial charge on any atom is 0.416 e. The molecule has 0 fully saturated rings. The molecule has 2 nitrogen and oxygen atoms in total. The number of hydrogen-bond acceptors (Lipinski definition) is 2. The van der Waals surface area contributed by atoms with Crippen LogP contribution in [-0.2, 0) is 12.8 Å². The molecule has 0 saturated carbocycles. The second-order valence-electron chi connectivity index (χ2n) is 3.93. The van der Waals surface area contributed by atoms with Crippen LogP contribution >= 0.6 is 27.5 Å². The van der Waals surface area contributed by atoms with Crippen LogP contribution in [0.2, 0.25) is 5.15 Å². The van der Waals surface area contributed by atoms with Gasteiger partial charge in [-0.2, -0.15) is 13.2 Å². The predicted octanol–water partition coefficient (Wildman–Crippen LogP) is 5.10. The lowest BCUT2D eigenvalue weighted by atomic mass is 10.2. The second-order valence-corrected chi connectivity index (χ2v) is 5.24. The van der Waals surface area contributed by atoms with Gasteiger partial charge >= 0.3 is 6.18 Å². The first-order valence-electron chi connectivity index (χ1n) is 5.46. The molecule has 20 heavy (non-hydrogen) atoms. The number of benzene rings is 1. The Bertz CT molecular complexity index is 619. The van der Waals surface area contributed by atoms with Gasteiger partial charge in [0, 0.05) is 10.5 Å². The van der Waals surface area contributed by atoms with E-state index in [1.807, 2.05) is 6.07 Å². The van der Waals surface area contributed by atoms with Gasteiger partial charge in [-0.3, -0.25) is 0 Å². The molecule has 0 N–H and O–H groups in total. The molecule has 1 aromatic carbocycles. The number of rotatable bonds is 3. The molecule has 7 heteroatoms. The number of nitrogens with zero attached hydrogens (tertiary/aromatic N) is 1. The minimum absolute atomic E-state index is 0.101. The van der Waals surface area contributed by atoms with Gasteiger partial charge in [-0.1, -0.05) is 39.7 Å². The van der Waals surface area contributed by atoms with Crippen LogP contribution in [0.4, 0.5) is 13.2 Å². The van der Waals surface area contributed by atoms with E-state index in [2.05, 4.69) is 20.9 Å². The minimum atomic E-state index is -4.49. The molecule has 0 bridgehead atoms. The Morgan fingerprint density at radius 1 is 1.20 bits per heavy atom. The zero-order valence-corrected chi connectivity index (χ0v) is 12.3. The fourth-order valence-corrected chi connectivity index (χ4v) is 2.14. The van der Waals surface area contributed by atoms with Gasteiger partial charge in [-0.25, -0.2) is 4.98 Å². The summed E-state index contributed by atoms with van der Waals surface area (Å²) >= 11 is 8.86. The Morgan fingerprint density at radius 2 is 1.95 bits per heavy atom. The average Bonchev–Trinajstić information content (AvgIpc) is 2.35. The smallest absolute Gasteiger partial charge is 0.416 e. The molecule has 0 aliphatic carbocycles. The van der Waals surface area contributed by atoms with Crippen molar-refractivity contribution in [3.05, 3.63) is 57.2 Å². The summed E-state index contributed by atoms with van der Waals surface area (Å²) in [5.41, 5.74) is -0.0866. The summed E-state index contributed by atoms with van der Waals surface area (Å²) in [6.07, 6.45) is -4.49. The summed E-state index contributed by atoms with van der Waals surface area (Å²) in [4.78, 5) is 3.72. The van der Waals surface area contributed by atoms with E-state index in [1.165, 1.54) is 0 Å². The van der Waals surface area contributed by atoms with Crippen molar-refractivity contribution in [2.75, 3.05) is 0 Å². The Labute approximate surface area is 126 Å². The predicted molar refractivity (Wildman–Crippen MR) is 72.7 cm³/mol. The molecular weight excluding hydrogens is 358 g/mol. The Kier molecular flexibility index (Phi) is 4.55. The van der Waals surface area contributed by atoms with Crippen LogP contribution in [0, 0.1) is 0 Å². The minimum Gasteiger partial charge on any atom is -0.473 e. The molecule has 2 rings (SSSR count). The summed E-state index contributed by atoms with van der Waals surface area (Å²) in [7, 11) is 0. The Balaban J connectivity index is 2.16. The van der Waals surface area contributed by atoms with Crippen LogP contribution in [-0.4, -0.2) is 4.98 Å². The lowest BCUT2D eigenvalue weighted by Crippen LogP contribution is -2.06. The van der Waals surface area contributed by atoms with Gasteiger partial charge in [0.2, 0.25) is 5.88 Å². The molecule has 0 amide bonds. The van der Waals surface area contributed by atoms with Crippen LogP contribution in [0.15, 0.2) is 40.9 Å². The maximum absolute atomic E-state index is 12.6. The molecule has 0 aliphatic rings. The molecular formula is C13H8BrClF3NO. The highest BCUT2D eigenvalue weighted by atomic mass is 79.9. The number of aromatic nitrogens is 1. The van der Waals surface area contributed by atoms with E-state index in [4.69, 9.17) is 16.3 Å². The van der Waals surface area contributed by atoms with E-state index in [-0.39, 0.29) is 17.6 Å². The van der Waals surface area contributed by atoms with E-state index in [1.54, 1.807) is 18.2 Å². The van der Waals surface area contributed by atoms with Crippen molar-refractivity contribution >= 4 is 27.5 Å². The van der Waals surface area contributed by atoms with E-state index >= 15 is 0 Å². The highest BCUT2D eigenvalue weighted by molar-refractivity contribution is 9.10. The molecule has 1 aromatic heterocycles. The van der Waals surface area contributed by atoms with Crippen molar-refractivity contribution in [3.63, 3.8) is 0 Å². The van der Waals surface area contributed by atoms with Gasteiger partial charge in [0.15, 0.2) is 0 Å². The van der Waals surface area contributed by atoms with Crippen molar-refractivity contribution in [2.24, 2.45) is 0 Å². The molecule has 0 unspecified atom stereocenters. The molecule has 2 aromatic rings. The lowest BCUT2D eigenvalue weighted by molar-refractivity contribution is -0.137. The topological polar surface area (TPSA) is 22.1 Å². The summed E-state index contributed by atoms with van der Waals surface area (Å²) in [5, 5.41) is -0.260. The summed E-state index contributed by atoms with van der Waals surface area (Å²) in [6, 6.07) is 8.81. The summed E-state index contributed by atoms with van der Waals surface area (Å²) < 4.78 is 44.0. The van der Waals surface area contributed by atoms with Gasteiger partial charge < -0.3 is 4.74 Å². The van der Waals surface area contributed by atoms with Crippen molar-refractivity contribution in [2.45, 2.75) is 12.8 Å². The number of alkyl halides is 3. The zero-order valence-electron chi connectivity index (χ0n) is 9.92. The lowest BCUT2D eigenvalue weighted by Gasteiger charge is -2.10. The van der Waals surface area contributed by atoms with Crippen LogP contribution in [0.5, 0.6) is 5.88 Å². The van der Waals surface area contributed by atoms with Gasteiger partial charge in [0.1, 0.15) is 11.8 Å². The van der Waals surface area contributed by atoms with Crippen molar-refractivity contribution in [1.29, 1.82) is 0 Å². The van der Waals surface area contributed by atoms with Gasteiger partial charge in [-0.05, 0) is 23.8 Å². The fourth-order valence-electron chi connectivity index (χ4n) is 1.49. The number of ether oxygens (including phenoxy) is 1.